The van der Waals surface area contributed by atoms with Crippen LogP contribution < -0.4 is 16.1 Å². The van der Waals surface area contributed by atoms with Crippen LogP contribution in [0.1, 0.15) is 12.8 Å². The smallest absolute Gasteiger partial charge is 0.180 e. The SMILES string of the molecule is Nc1ncccc1-c1nc2ccc(-c3ccccc3)nc2n1N1C2CCC1CNC2. The van der Waals surface area contributed by atoms with Crippen molar-refractivity contribution in [3.8, 4) is 22.6 Å². The third-order valence-electron chi connectivity index (χ3n) is 6.20. The van der Waals surface area contributed by atoms with Gasteiger partial charge in [-0.1, -0.05) is 30.3 Å². The number of anilines is 1. The van der Waals surface area contributed by atoms with E-state index in [2.05, 4.69) is 38.2 Å². The molecule has 2 saturated heterocycles. The van der Waals surface area contributed by atoms with E-state index < -0.39 is 0 Å². The molecule has 1 aromatic carbocycles. The molecule has 0 radical (unpaired) electrons. The molecule has 7 nitrogen and oxygen atoms in total. The zero-order chi connectivity index (χ0) is 20.1. The third kappa shape index (κ3) is 2.66. The lowest BCUT2D eigenvalue weighted by molar-refractivity contribution is 0.404. The van der Waals surface area contributed by atoms with E-state index >= 15 is 0 Å². The van der Waals surface area contributed by atoms with Gasteiger partial charge in [0, 0.05) is 24.8 Å². The molecule has 2 bridgehead atoms. The monoisotopic (exact) mass is 397 g/mol. The van der Waals surface area contributed by atoms with Crippen molar-refractivity contribution >= 4 is 17.0 Å². The van der Waals surface area contributed by atoms with Crippen molar-refractivity contribution in [3.63, 3.8) is 0 Å². The molecule has 0 aliphatic carbocycles. The van der Waals surface area contributed by atoms with Crippen molar-refractivity contribution in [2.75, 3.05) is 23.8 Å². The van der Waals surface area contributed by atoms with Crippen molar-refractivity contribution in [2.24, 2.45) is 0 Å². The molecule has 0 amide bonds. The average molecular weight is 397 g/mol. The number of pyridine rings is 2. The predicted octanol–water partition coefficient (Wildman–Crippen LogP) is 2.81. The second-order valence-electron chi connectivity index (χ2n) is 8.01. The number of piperazine rings is 1. The summed E-state index contributed by atoms with van der Waals surface area (Å²) in [6.45, 7) is 1.94. The lowest BCUT2D eigenvalue weighted by atomic mass is 10.1. The van der Waals surface area contributed by atoms with Crippen LogP contribution >= 0.6 is 0 Å². The molecule has 3 aromatic heterocycles. The van der Waals surface area contributed by atoms with Gasteiger partial charge in [0.05, 0.1) is 23.3 Å². The largest absolute Gasteiger partial charge is 0.383 e. The van der Waals surface area contributed by atoms with Gasteiger partial charge in [0.1, 0.15) is 11.3 Å². The van der Waals surface area contributed by atoms with E-state index in [1.807, 2.05) is 36.4 Å². The Balaban J connectivity index is 1.61. The van der Waals surface area contributed by atoms with Gasteiger partial charge in [0.25, 0.3) is 0 Å². The number of hydrogen-bond acceptors (Lipinski definition) is 6. The van der Waals surface area contributed by atoms with E-state index in [0.29, 0.717) is 17.9 Å². The Morgan fingerprint density at radius 3 is 2.47 bits per heavy atom. The van der Waals surface area contributed by atoms with Crippen LogP contribution in [0.15, 0.2) is 60.8 Å². The zero-order valence-electron chi connectivity index (χ0n) is 16.6. The van der Waals surface area contributed by atoms with Crippen LogP contribution in [0.5, 0.6) is 0 Å². The molecule has 2 atom stereocenters. The predicted molar refractivity (Wildman–Crippen MR) is 119 cm³/mol. The van der Waals surface area contributed by atoms with Gasteiger partial charge in [-0.05, 0) is 37.1 Å². The summed E-state index contributed by atoms with van der Waals surface area (Å²) in [5.74, 6) is 1.30. The summed E-state index contributed by atoms with van der Waals surface area (Å²) in [5, 5.41) is 6.03. The van der Waals surface area contributed by atoms with Gasteiger partial charge in [-0.15, -0.1) is 0 Å². The maximum atomic E-state index is 6.26. The van der Waals surface area contributed by atoms with E-state index in [1.165, 1.54) is 0 Å². The first-order chi connectivity index (χ1) is 14.8. The van der Waals surface area contributed by atoms with E-state index in [1.54, 1.807) is 6.20 Å². The van der Waals surface area contributed by atoms with E-state index in [4.69, 9.17) is 15.7 Å². The molecule has 4 aromatic rings. The number of benzene rings is 1. The second kappa shape index (κ2) is 6.81. The Bertz CT molecular complexity index is 1200. The molecule has 7 heteroatoms. The van der Waals surface area contributed by atoms with Crippen LogP contribution in [0.25, 0.3) is 33.8 Å². The number of hydrogen-bond donors (Lipinski definition) is 2. The second-order valence-corrected chi connectivity index (χ2v) is 8.01. The summed E-state index contributed by atoms with van der Waals surface area (Å²) < 4.78 is 2.21. The molecule has 150 valence electrons. The van der Waals surface area contributed by atoms with Crippen molar-refractivity contribution in [1.29, 1.82) is 0 Å². The van der Waals surface area contributed by atoms with Crippen molar-refractivity contribution in [1.82, 2.24) is 24.9 Å². The maximum absolute atomic E-state index is 6.26. The highest BCUT2D eigenvalue weighted by Gasteiger charge is 2.39. The van der Waals surface area contributed by atoms with Gasteiger partial charge >= 0.3 is 0 Å². The van der Waals surface area contributed by atoms with Crippen LogP contribution in [-0.4, -0.2) is 44.8 Å². The lowest BCUT2D eigenvalue weighted by Crippen LogP contribution is -2.57. The maximum Gasteiger partial charge on any atom is 0.180 e. The molecule has 6 rings (SSSR count). The molecule has 0 saturated carbocycles. The fourth-order valence-electron chi connectivity index (χ4n) is 4.80. The van der Waals surface area contributed by atoms with Crippen LogP contribution in [0, 0.1) is 0 Å². The van der Waals surface area contributed by atoms with Gasteiger partial charge in [0.2, 0.25) is 0 Å². The molecule has 2 fully saturated rings. The highest BCUT2D eigenvalue weighted by molar-refractivity contribution is 5.83. The first-order valence-corrected chi connectivity index (χ1v) is 10.4. The summed E-state index contributed by atoms with van der Waals surface area (Å²) in [6.07, 6.45) is 4.04. The quantitative estimate of drug-likeness (QED) is 0.553. The molecule has 2 unspecified atom stereocenters. The Labute approximate surface area is 174 Å². The highest BCUT2D eigenvalue weighted by Crippen LogP contribution is 2.34. The number of aromatic nitrogens is 4. The molecular weight excluding hydrogens is 374 g/mol. The summed E-state index contributed by atoms with van der Waals surface area (Å²) in [6, 6.07) is 19.1. The van der Waals surface area contributed by atoms with E-state index in [-0.39, 0.29) is 0 Å². The molecule has 5 heterocycles. The van der Waals surface area contributed by atoms with E-state index in [9.17, 15) is 0 Å². The van der Waals surface area contributed by atoms with Gasteiger partial charge < -0.3 is 16.1 Å². The summed E-state index contributed by atoms with van der Waals surface area (Å²) in [4.78, 5) is 14.3. The fraction of sp³-hybridized carbons (Fsp3) is 0.261. The van der Waals surface area contributed by atoms with Crippen molar-refractivity contribution in [3.05, 3.63) is 60.8 Å². The minimum Gasteiger partial charge on any atom is -0.383 e. The topological polar surface area (TPSA) is 84.9 Å². The molecule has 3 N–H and O–H groups in total. The zero-order valence-corrected chi connectivity index (χ0v) is 16.6. The van der Waals surface area contributed by atoms with Crippen LogP contribution in [0.4, 0.5) is 5.82 Å². The van der Waals surface area contributed by atoms with Crippen molar-refractivity contribution < 1.29 is 0 Å². The Morgan fingerprint density at radius 1 is 0.900 bits per heavy atom. The summed E-state index contributed by atoms with van der Waals surface area (Å²) >= 11 is 0. The number of nitrogens with two attached hydrogens (primary N) is 1. The highest BCUT2D eigenvalue weighted by atomic mass is 15.6. The minimum absolute atomic E-state index is 0.417. The Kier molecular flexibility index (Phi) is 3.95. The van der Waals surface area contributed by atoms with Gasteiger partial charge in [0.15, 0.2) is 11.5 Å². The Morgan fingerprint density at radius 2 is 1.70 bits per heavy atom. The summed E-state index contributed by atoms with van der Waals surface area (Å²) in [5.41, 5.74) is 10.9. The minimum atomic E-state index is 0.417. The number of nitrogen functional groups attached to an aromatic ring is 1. The molecular formula is C23H23N7. The van der Waals surface area contributed by atoms with Crippen molar-refractivity contribution in [2.45, 2.75) is 24.9 Å². The first kappa shape index (κ1) is 17.4. The number of nitrogens with one attached hydrogen (secondary N) is 1. The molecule has 2 aliphatic rings. The van der Waals surface area contributed by atoms with Crippen LogP contribution in [0.3, 0.4) is 0 Å². The molecule has 30 heavy (non-hydrogen) atoms. The number of nitrogens with zero attached hydrogens (tertiary/aromatic N) is 5. The lowest BCUT2D eigenvalue weighted by Gasteiger charge is -2.38. The molecule has 2 aliphatic heterocycles. The number of rotatable bonds is 3. The fourth-order valence-corrected chi connectivity index (χ4v) is 4.80. The normalized spacial score (nSPS) is 20.7. The summed E-state index contributed by atoms with van der Waals surface area (Å²) in [7, 11) is 0. The van der Waals surface area contributed by atoms with Crippen LogP contribution in [-0.2, 0) is 0 Å². The standard InChI is InChI=1S/C23H23N7/c24-21-18(7-4-12-26-21)22-28-20-11-10-19(15-5-2-1-3-6-15)27-23(20)30(22)29-16-8-9-17(29)14-25-13-16/h1-7,10-12,16-17,25H,8-9,13-14H2,(H2,24,26). The first-order valence-electron chi connectivity index (χ1n) is 10.4. The van der Waals surface area contributed by atoms with Gasteiger partial charge in [-0.2, -0.15) is 0 Å². The molecule has 0 spiro atoms. The average Bonchev–Trinajstić information content (AvgIpc) is 3.26. The van der Waals surface area contributed by atoms with Crippen LogP contribution in [0.2, 0.25) is 0 Å². The van der Waals surface area contributed by atoms with E-state index in [0.717, 1.165) is 59.7 Å². The third-order valence-corrected chi connectivity index (χ3v) is 6.20. The number of fused-ring (bicyclic) bond motifs is 3. The number of imidazole rings is 1. The van der Waals surface area contributed by atoms with Gasteiger partial charge in [-0.25, -0.2) is 19.6 Å². The Hall–Kier alpha value is -3.45. The van der Waals surface area contributed by atoms with Gasteiger partial charge in [-0.3, -0.25) is 0 Å².